The topological polar surface area (TPSA) is 110 Å². The number of para-hydroxylation sites is 1. The van der Waals surface area contributed by atoms with Crippen LogP contribution >= 0.6 is 0 Å². The summed E-state index contributed by atoms with van der Waals surface area (Å²) < 4.78 is 47.6. The Bertz CT molecular complexity index is 1210. The number of ether oxygens (including phenoxy) is 2. The summed E-state index contributed by atoms with van der Waals surface area (Å²) in [5, 5.41) is 13.3. The van der Waals surface area contributed by atoms with Crippen molar-refractivity contribution in [2.45, 2.75) is 30.8 Å². The van der Waals surface area contributed by atoms with E-state index < -0.39 is 17.9 Å². The van der Waals surface area contributed by atoms with Gasteiger partial charge in [-0.15, -0.1) is 13.2 Å². The van der Waals surface area contributed by atoms with Crippen molar-refractivity contribution in [2.75, 3.05) is 11.9 Å². The Labute approximate surface area is 204 Å². The summed E-state index contributed by atoms with van der Waals surface area (Å²) >= 11 is 0. The molecule has 2 atom stereocenters. The number of hydrogen-bond donors (Lipinski definition) is 3. The highest BCUT2D eigenvalue weighted by Crippen LogP contribution is 2.41. The maximum absolute atomic E-state index is 13.4. The maximum Gasteiger partial charge on any atom is 0.573 e. The predicted molar refractivity (Wildman–Crippen MR) is 123 cm³/mol. The van der Waals surface area contributed by atoms with E-state index >= 15 is 0 Å². The molecular formula is C25H22F3N3O5. The first-order valence-corrected chi connectivity index (χ1v) is 10.9. The quantitative estimate of drug-likeness (QED) is 0.466. The highest BCUT2D eigenvalue weighted by Gasteiger charge is 2.44. The van der Waals surface area contributed by atoms with Crippen LogP contribution in [0.4, 0.5) is 18.9 Å². The summed E-state index contributed by atoms with van der Waals surface area (Å²) in [4.78, 5) is 26.2. The first-order valence-electron chi connectivity index (χ1n) is 10.9. The van der Waals surface area contributed by atoms with Crippen molar-refractivity contribution < 1.29 is 37.3 Å². The van der Waals surface area contributed by atoms with Crippen LogP contribution < -0.4 is 20.1 Å². The van der Waals surface area contributed by atoms with Crippen LogP contribution in [0.1, 0.15) is 23.2 Å². The Morgan fingerprint density at radius 3 is 2.58 bits per heavy atom. The fourth-order valence-electron chi connectivity index (χ4n) is 4.43. The number of carbonyl (C=O) groups excluding carboxylic acids is 1. The maximum atomic E-state index is 13.4. The summed E-state index contributed by atoms with van der Waals surface area (Å²) in [7, 11) is 0. The minimum Gasteiger partial charge on any atom is -0.491 e. The molecule has 11 heteroatoms. The lowest BCUT2D eigenvalue weighted by atomic mass is 9.81. The van der Waals surface area contributed by atoms with Crippen LogP contribution in [0.2, 0.25) is 0 Å². The van der Waals surface area contributed by atoms with E-state index in [9.17, 15) is 18.0 Å². The fraction of sp³-hybridized carbons (Fsp3) is 0.240. The molecule has 1 unspecified atom stereocenters. The highest BCUT2D eigenvalue weighted by molar-refractivity contribution is 5.88. The normalized spacial score (nSPS) is 19.8. The van der Waals surface area contributed by atoms with E-state index in [4.69, 9.17) is 14.6 Å². The molecule has 0 bridgehead atoms. The van der Waals surface area contributed by atoms with E-state index in [1.165, 1.54) is 24.3 Å². The fourth-order valence-corrected chi connectivity index (χ4v) is 4.43. The zero-order valence-corrected chi connectivity index (χ0v) is 18.8. The van der Waals surface area contributed by atoms with E-state index in [1.54, 1.807) is 18.3 Å². The number of hydrogen-bond acceptors (Lipinski definition) is 6. The van der Waals surface area contributed by atoms with Gasteiger partial charge in [0.2, 0.25) is 5.91 Å². The highest BCUT2D eigenvalue weighted by atomic mass is 19.4. The molecule has 36 heavy (non-hydrogen) atoms. The molecule has 0 saturated heterocycles. The Morgan fingerprint density at radius 1 is 1.17 bits per heavy atom. The van der Waals surface area contributed by atoms with Gasteiger partial charge in [0.15, 0.2) is 0 Å². The van der Waals surface area contributed by atoms with Crippen molar-refractivity contribution in [3.8, 4) is 11.5 Å². The lowest BCUT2D eigenvalue weighted by Gasteiger charge is -2.39. The molecule has 2 aliphatic rings. The third-order valence-electron chi connectivity index (χ3n) is 5.91. The summed E-state index contributed by atoms with van der Waals surface area (Å²) in [6.07, 6.45) is -2.30. The number of anilines is 1. The molecule has 8 nitrogen and oxygen atoms in total. The molecule has 0 radical (unpaired) electrons. The number of aromatic nitrogens is 1. The average Bonchev–Trinajstić information content (AvgIpc) is 3.29. The number of carboxylic acid groups (broad SMARTS) is 1. The number of carbonyl (C=O) groups is 2. The van der Waals surface area contributed by atoms with Gasteiger partial charge in [-0.3, -0.25) is 14.6 Å². The third kappa shape index (κ3) is 5.19. The van der Waals surface area contributed by atoms with E-state index in [0.29, 0.717) is 36.5 Å². The second-order valence-corrected chi connectivity index (χ2v) is 8.08. The molecule has 3 N–H and O–H groups in total. The van der Waals surface area contributed by atoms with Gasteiger partial charge < -0.3 is 25.2 Å². The number of alkyl halides is 3. The van der Waals surface area contributed by atoms with Crippen molar-refractivity contribution in [1.29, 1.82) is 0 Å². The molecule has 2 aromatic carbocycles. The Kier molecular flexibility index (Phi) is 7.00. The van der Waals surface area contributed by atoms with Crippen molar-refractivity contribution in [1.82, 2.24) is 10.3 Å². The van der Waals surface area contributed by atoms with Gasteiger partial charge >= 0.3 is 6.36 Å². The number of pyridine rings is 1. The van der Waals surface area contributed by atoms with Gasteiger partial charge in [-0.05, 0) is 41.5 Å². The molecule has 5 rings (SSSR count). The second-order valence-electron chi connectivity index (χ2n) is 8.08. The molecule has 1 aromatic heterocycles. The number of nitrogens with zero attached hydrogens (tertiary/aromatic N) is 1. The van der Waals surface area contributed by atoms with Crippen LogP contribution in [0.5, 0.6) is 11.5 Å². The summed E-state index contributed by atoms with van der Waals surface area (Å²) in [6, 6.07) is 16.2. The van der Waals surface area contributed by atoms with Crippen LogP contribution in [0.25, 0.3) is 0 Å². The first-order chi connectivity index (χ1) is 17.3. The van der Waals surface area contributed by atoms with E-state index in [-0.39, 0.29) is 18.1 Å². The van der Waals surface area contributed by atoms with Crippen LogP contribution in [0.3, 0.4) is 0 Å². The molecular weight excluding hydrogens is 479 g/mol. The van der Waals surface area contributed by atoms with Gasteiger partial charge in [-0.25, -0.2) is 0 Å². The molecule has 0 saturated carbocycles. The lowest BCUT2D eigenvalue weighted by Crippen LogP contribution is -2.54. The number of halogens is 3. The number of amides is 1. The molecule has 0 aliphatic carbocycles. The van der Waals surface area contributed by atoms with Crippen LogP contribution in [-0.2, 0) is 21.5 Å². The SMILES string of the molecule is O=C(N[C@]1(c2ccc(OC(F)(F)F)cc2)CCOc2cccnc21)C1Cc2ccccc2N1.O=CO. The largest absolute Gasteiger partial charge is 0.573 e. The first kappa shape index (κ1) is 24.8. The molecule has 0 fully saturated rings. The summed E-state index contributed by atoms with van der Waals surface area (Å²) in [6.45, 7) is 0.0537. The van der Waals surface area contributed by atoms with Gasteiger partial charge in [-0.1, -0.05) is 30.3 Å². The monoisotopic (exact) mass is 501 g/mol. The number of benzene rings is 2. The van der Waals surface area contributed by atoms with Crippen LogP contribution in [0.15, 0.2) is 66.9 Å². The molecule has 1 amide bonds. The molecule has 188 valence electrons. The number of nitrogens with one attached hydrogen (secondary N) is 2. The van der Waals surface area contributed by atoms with Crippen LogP contribution in [0, 0.1) is 0 Å². The van der Waals surface area contributed by atoms with Gasteiger partial charge in [-0.2, -0.15) is 0 Å². The molecule has 0 spiro atoms. The standard InChI is InChI=1S/C24H20F3N3O3.CH2O2/c25-24(26,27)33-17-9-7-16(8-10-17)23(11-13-32-20-6-3-12-28-21(20)23)30-22(31)19-14-15-4-1-2-5-18(15)29-19;2-1-3/h1-10,12,19,29H,11,13-14H2,(H,30,31);1H,(H,2,3)/t19?,23-;/m0./s1. The second kappa shape index (κ2) is 10.1. The van der Waals surface area contributed by atoms with E-state index in [0.717, 1.165) is 11.3 Å². The van der Waals surface area contributed by atoms with E-state index in [1.807, 2.05) is 24.3 Å². The minimum absolute atomic E-state index is 0.236. The molecule has 3 aromatic rings. The van der Waals surface area contributed by atoms with Gasteiger partial charge in [0.25, 0.3) is 6.47 Å². The van der Waals surface area contributed by atoms with Crippen LogP contribution in [-0.4, -0.2) is 41.5 Å². The predicted octanol–water partition coefficient (Wildman–Crippen LogP) is 3.86. The molecule has 3 heterocycles. The number of fused-ring (bicyclic) bond motifs is 2. The Hall–Kier alpha value is -4.28. The van der Waals surface area contributed by atoms with Crippen molar-refractivity contribution in [3.63, 3.8) is 0 Å². The van der Waals surface area contributed by atoms with Crippen molar-refractivity contribution >= 4 is 18.1 Å². The minimum atomic E-state index is -4.79. The van der Waals surface area contributed by atoms with Gasteiger partial charge in [0.05, 0.1) is 6.61 Å². The van der Waals surface area contributed by atoms with Gasteiger partial charge in [0, 0.05) is 24.7 Å². The molecule has 2 aliphatic heterocycles. The Morgan fingerprint density at radius 2 is 1.89 bits per heavy atom. The average molecular weight is 501 g/mol. The third-order valence-corrected chi connectivity index (χ3v) is 5.91. The zero-order valence-electron chi connectivity index (χ0n) is 18.8. The zero-order chi connectivity index (χ0) is 25.8. The summed E-state index contributed by atoms with van der Waals surface area (Å²) in [5.74, 6) is -0.0587. The number of rotatable bonds is 4. The lowest BCUT2D eigenvalue weighted by molar-refractivity contribution is -0.274. The van der Waals surface area contributed by atoms with Gasteiger partial charge in [0.1, 0.15) is 28.8 Å². The smallest absolute Gasteiger partial charge is 0.491 e. The summed E-state index contributed by atoms with van der Waals surface area (Å²) in [5.41, 5.74) is 1.98. The van der Waals surface area contributed by atoms with Crippen molar-refractivity contribution in [2.24, 2.45) is 0 Å². The Balaban J connectivity index is 0.000000967. The van der Waals surface area contributed by atoms with E-state index in [2.05, 4.69) is 20.4 Å². The van der Waals surface area contributed by atoms with Crippen molar-refractivity contribution in [3.05, 3.63) is 83.7 Å².